The first kappa shape index (κ1) is 18.9. The summed E-state index contributed by atoms with van der Waals surface area (Å²) in [7, 11) is 0. The molecule has 1 aliphatic carbocycles. The van der Waals surface area contributed by atoms with Crippen LogP contribution in [0.2, 0.25) is 0 Å². The molecule has 0 radical (unpaired) electrons. The first-order valence-electron chi connectivity index (χ1n) is 10.3. The van der Waals surface area contributed by atoms with E-state index in [2.05, 4.69) is 55.5 Å². The Morgan fingerprint density at radius 2 is 1.46 bits per heavy atom. The summed E-state index contributed by atoms with van der Waals surface area (Å²) in [4.78, 5) is 0. The molecule has 3 rings (SSSR count). The normalized spacial score (nSPS) is 20.5. The van der Waals surface area contributed by atoms with Crippen LogP contribution in [0.4, 0.5) is 4.39 Å². The van der Waals surface area contributed by atoms with Gasteiger partial charge in [-0.1, -0.05) is 74.4 Å². The Kier molecular flexibility index (Phi) is 7.05. The van der Waals surface area contributed by atoms with Crippen molar-refractivity contribution < 1.29 is 4.39 Å². The van der Waals surface area contributed by atoms with E-state index >= 15 is 0 Å². The van der Waals surface area contributed by atoms with Crippen molar-refractivity contribution in [2.75, 3.05) is 0 Å². The molecule has 0 N–H and O–H groups in total. The number of rotatable bonds is 7. The minimum atomic E-state index is 0.436. The molecule has 1 saturated carbocycles. The Morgan fingerprint density at radius 1 is 0.846 bits per heavy atom. The van der Waals surface area contributed by atoms with Crippen molar-refractivity contribution in [2.45, 2.75) is 64.2 Å². The van der Waals surface area contributed by atoms with E-state index in [-0.39, 0.29) is 0 Å². The van der Waals surface area contributed by atoms with Gasteiger partial charge in [0.1, 0.15) is 0 Å². The average Bonchev–Trinajstić information content (AvgIpc) is 2.70. The van der Waals surface area contributed by atoms with Gasteiger partial charge in [-0.3, -0.25) is 0 Å². The van der Waals surface area contributed by atoms with E-state index in [0.29, 0.717) is 11.8 Å². The standard InChI is InChI=1S/C25H31F/c1-2-3-4-5-20-6-10-22(11-7-20)24-14-16-25(17-15-24)23-12-8-21(9-13-23)18-19-26/h6-7,10-11,14-19,21,23H,2-5,8-9,12-13H2,1H3/t21-,23-. The monoisotopic (exact) mass is 350 g/mol. The SMILES string of the molecule is CCCCCc1ccc(-c2ccc([C@H]3CC[C@H](C=CF)CC3)cc2)cc1. The maximum atomic E-state index is 12.3. The predicted molar refractivity (Wildman–Crippen MR) is 110 cm³/mol. The van der Waals surface area contributed by atoms with E-state index in [9.17, 15) is 4.39 Å². The first-order valence-corrected chi connectivity index (χ1v) is 10.3. The highest BCUT2D eigenvalue weighted by atomic mass is 19.1. The zero-order valence-corrected chi connectivity index (χ0v) is 16.0. The van der Waals surface area contributed by atoms with Gasteiger partial charge in [0.05, 0.1) is 6.33 Å². The molecule has 0 saturated heterocycles. The molecule has 1 aliphatic rings. The highest BCUT2D eigenvalue weighted by Gasteiger charge is 2.20. The lowest BCUT2D eigenvalue weighted by atomic mass is 9.78. The summed E-state index contributed by atoms with van der Waals surface area (Å²) in [6.45, 7) is 2.25. The lowest BCUT2D eigenvalue weighted by Crippen LogP contribution is -2.11. The fourth-order valence-electron chi connectivity index (χ4n) is 4.14. The Hall–Kier alpha value is -1.89. The molecule has 0 spiro atoms. The minimum absolute atomic E-state index is 0.436. The summed E-state index contributed by atoms with van der Waals surface area (Å²) in [5, 5.41) is 0. The summed E-state index contributed by atoms with van der Waals surface area (Å²) < 4.78 is 12.3. The molecule has 1 fully saturated rings. The van der Waals surface area contributed by atoms with Gasteiger partial charge in [0.2, 0.25) is 0 Å². The van der Waals surface area contributed by atoms with E-state index < -0.39 is 0 Å². The molecule has 0 bridgehead atoms. The van der Waals surface area contributed by atoms with Crippen LogP contribution >= 0.6 is 0 Å². The number of aryl methyl sites for hydroxylation is 1. The third kappa shape index (κ3) is 5.06. The van der Waals surface area contributed by atoms with Gasteiger partial charge >= 0.3 is 0 Å². The van der Waals surface area contributed by atoms with Crippen molar-refractivity contribution in [2.24, 2.45) is 5.92 Å². The lowest BCUT2D eigenvalue weighted by Gasteiger charge is -2.27. The number of hydrogen-bond acceptors (Lipinski definition) is 0. The third-order valence-electron chi connectivity index (χ3n) is 5.86. The Balaban J connectivity index is 1.59. The Bertz CT molecular complexity index is 673. The topological polar surface area (TPSA) is 0 Å². The van der Waals surface area contributed by atoms with Crippen LogP contribution in [0.15, 0.2) is 60.9 Å². The maximum Gasteiger partial charge on any atom is 0.0829 e. The van der Waals surface area contributed by atoms with Gasteiger partial charge in [0.25, 0.3) is 0 Å². The summed E-state index contributed by atoms with van der Waals surface area (Å²) in [5.41, 5.74) is 5.47. The van der Waals surface area contributed by atoms with Gasteiger partial charge in [-0.2, -0.15) is 0 Å². The smallest absolute Gasteiger partial charge is 0.0829 e. The molecule has 0 unspecified atom stereocenters. The van der Waals surface area contributed by atoms with E-state index in [0.717, 1.165) is 19.2 Å². The maximum absolute atomic E-state index is 12.3. The van der Waals surface area contributed by atoms with Crippen LogP contribution in [0.25, 0.3) is 11.1 Å². The molecule has 2 aromatic rings. The molecule has 0 aliphatic heterocycles. The number of halogens is 1. The quantitative estimate of drug-likeness (QED) is 0.446. The fraction of sp³-hybridized carbons (Fsp3) is 0.440. The summed E-state index contributed by atoms with van der Waals surface area (Å²) >= 11 is 0. The van der Waals surface area contributed by atoms with E-state index in [1.54, 1.807) is 6.08 Å². The highest BCUT2D eigenvalue weighted by molar-refractivity contribution is 5.64. The molecule has 1 heteroatoms. The molecule has 0 heterocycles. The third-order valence-corrected chi connectivity index (χ3v) is 5.86. The lowest BCUT2D eigenvalue weighted by molar-refractivity contribution is 0.373. The molecular formula is C25H31F. The van der Waals surface area contributed by atoms with Gasteiger partial charge in [-0.15, -0.1) is 0 Å². The fourth-order valence-corrected chi connectivity index (χ4v) is 4.14. The molecular weight excluding hydrogens is 319 g/mol. The van der Waals surface area contributed by atoms with Crippen molar-refractivity contribution in [1.82, 2.24) is 0 Å². The molecule has 0 atom stereocenters. The van der Waals surface area contributed by atoms with Crippen LogP contribution in [0.5, 0.6) is 0 Å². The molecule has 26 heavy (non-hydrogen) atoms. The average molecular weight is 351 g/mol. The first-order chi connectivity index (χ1) is 12.8. The number of allylic oxidation sites excluding steroid dienone is 1. The van der Waals surface area contributed by atoms with Gasteiger partial charge in [0, 0.05) is 0 Å². The van der Waals surface area contributed by atoms with Gasteiger partial charge in [-0.25, -0.2) is 4.39 Å². The van der Waals surface area contributed by atoms with Crippen molar-refractivity contribution >= 4 is 0 Å². The molecule has 138 valence electrons. The van der Waals surface area contributed by atoms with E-state index in [1.165, 1.54) is 60.8 Å². The number of benzene rings is 2. The van der Waals surface area contributed by atoms with Crippen molar-refractivity contribution in [3.05, 3.63) is 72.1 Å². The van der Waals surface area contributed by atoms with Crippen molar-refractivity contribution in [3.63, 3.8) is 0 Å². The Labute approximate surface area is 158 Å². The predicted octanol–water partition coefficient (Wildman–Crippen LogP) is 7.84. The van der Waals surface area contributed by atoms with Crippen molar-refractivity contribution in [3.8, 4) is 11.1 Å². The molecule has 2 aromatic carbocycles. The van der Waals surface area contributed by atoms with Crippen LogP contribution in [-0.4, -0.2) is 0 Å². The van der Waals surface area contributed by atoms with Crippen LogP contribution in [0.3, 0.4) is 0 Å². The second kappa shape index (κ2) is 9.71. The second-order valence-corrected chi connectivity index (χ2v) is 7.71. The zero-order valence-electron chi connectivity index (χ0n) is 16.0. The second-order valence-electron chi connectivity index (χ2n) is 7.71. The molecule has 0 amide bonds. The molecule has 0 nitrogen and oxygen atoms in total. The Morgan fingerprint density at radius 3 is 2.04 bits per heavy atom. The number of hydrogen-bond donors (Lipinski definition) is 0. The summed E-state index contributed by atoms with van der Waals surface area (Å²) in [6.07, 6.45) is 12.1. The largest absolute Gasteiger partial charge is 0.216 e. The van der Waals surface area contributed by atoms with Gasteiger partial charge < -0.3 is 0 Å². The van der Waals surface area contributed by atoms with Gasteiger partial charge in [-0.05, 0) is 72.6 Å². The molecule has 0 aromatic heterocycles. The summed E-state index contributed by atoms with van der Waals surface area (Å²) in [6, 6.07) is 18.2. The summed E-state index contributed by atoms with van der Waals surface area (Å²) in [5.74, 6) is 1.07. The zero-order chi connectivity index (χ0) is 18.2. The minimum Gasteiger partial charge on any atom is -0.216 e. The van der Waals surface area contributed by atoms with Crippen LogP contribution in [-0.2, 0) is 6.42 Å². The highest BCUT2D eigenvalue weighted by Crippen LogP contribution is 2.37. The van der Waals surface area contributed by atoms with Gasteiger partial charge in [0.15, 0.2) is 0 Å². The number of unbranched alkanes of at least 4 members (excludes halogenated alkanes) is 2. The van der Waals surface area contributed by atoms with Crippen LogP contribution in [0.1, 0.15) is 68.9 Å². The van der Waals surface area contributed by atoms with E-state index in [1.807, 2.05) is 0 Å². The van der Waals surface area contributed by atoms with Crippen LogP contribution in [0, 0.1) is 5.92 Å². The van der Waals surface area contributed by atoms with Crippen LogP contribution < -0.4 is 0 Å². The van der Waals surface area contributed by atoms with Crippen molar-refractivity contribution in [1.29, 1.82) is 0 Å². The van der Waals surface area contributed by atoms with E-state index in [4.69, 9.17) is 0 Å².